The maximum absolute atomic E-state index is 12.8. The van der Waals surface area contributed by atoms with Crippen LogP contribution >= 0.6 is 0 Å². The quantitative estimate of drug-likeness (QED) is 0.694. The first-order valence-electron chi connectivity index (χ1n) is 9.20. The average Bonchev–Trinajstić information content (AvgIpc) is 3.38. The topological polar surface area (TPSA) is 67.4 Å². The molecule has 1 aromatic carbocycles. The van der Waals surface area contributed by atoms with E-state index in [4.69, 9.17) is 4.42 Å². The molecule has 1 aliphatic heterocycles. The molecule has 7 heteroatoms. The molecule has 0 unspecified atom stereocenters. The third-order valence-electron chi connectivity index (χ3n) is 4.93. The van der Waals surface area contributed by atoms with Crippen molar-refractivity contribution in [3.8, 4) is 11.3 Å². The fourth-order valence-corrected chi connectivity index (χ4v) is 3.32. The Labute approximate surface area is 158 Å². The van der Waals surface area contributed by atoms with Crippen molar-refractivity contribution in [2.75, 3.05) is 32.7 Å². The Bertz CT molecular complexity index is 878. The Balaban J connectivity index is 1.31. The Hall–Kier alpha value is -2.93. The standard InChI is InChI=1S/C20H23N5O2/c1-16-2-7-19(27-16)17-3-5-18(6-4-17)20(26)24-11-8-23(9-12-24)10-13-25-15-21-14-22-25/h2-7,14-15H,8-13H2,1H3. The van der Waals surface area contributed by atoms with Gasteiger partial charge in [-0.05, 0) is 31.2 Å². The van der Waals surface area contributed by atoms with Crippen molar-refractivity contribution >= 4 is 5.91 Å². The van der Waals surface area contributed by atoms with E-state index in [0.717, 1.165) is 61.9 Å². The lowest BCUT2D eigenvalue weighted by Gasteiger charge is -2.34. The molecule has 1 fully saturated rings. The van der Waals surface area contributed by atoms with Crippen LogP contribution < -0.4 is 0 Å². The van der Waals surface area contributed by atoms with Gasteiger partial charge in [0.2, 0.25) is 0 Å². The number of rotatable bonds is 5. The van der Waals surface area contributed by atoms with Crippen LogP contribution in [-0.4, -0.2) is 63.2 Å². The third kappa shape index (κ3) is 4.09. The molecule has 2 aromatic heterocycles. The molecule has 0 aliphatic carbocycles. The molecule has 0 N–H and O–H groups in total. The highest BCUT2D eigenvalue weighted by molar-refractivity contribution is 5.94. The van der Waals surface area contributed by atoms with Crippen LogP contribution in [0.5, 0.6) is 0 Å². The van der Waals surface area contributed by atoms with E-state index in [9.17, 15) is 4.79 Å². The van der Waals surface area contributed by atoms with Gasteiger partial charge in [0.05, 0.1) is 6.54 Å². The first-order valence-corrected chi connectivity index (χ1v) is 9.20. The zero-order valence-corrected chi connectivity index (χ0v) is 15.4. The van der Waals surface area contributed by atoms with Gasteiger partial charge in [0, 0.05) is 43.9 Å². The van der Waals surface area contributed by atoms with E-state index in [1.54, 1.807) is 12.7 Å². The number of nitrogens with zero attached hydrogens (tertiary/aromatic N) is 5. The molecule has 4 rings (SSSR count). The average molecular weight is 365 g/mol. The lowest BCUT2D eigenvalue weighted by atomic mass is 10.1. The van der Waals surface area contributed by atoms with Crippen molar-refractivity contribution in [3.05, 3.63) is 60.4 Å². The molecule has 3 aromatic rings. The van der Waals surface area contributed by atoms with Crippen LogP contribution in [0.25, 0.3) is 11.3 Å². The van der Waals surface area contributed by atoms with Crippen LogP contribution in [0.15, 0.2) is 53.5 Å². The van der Waals surface area contributed by atoms with Crippen LogP contribution in [-0.2, 0) is 6.54 Å². The summed E-state index contributed by atoms with van der Waals surface area (Å²) in [5.41, 5.74) is 1.70. The van der Waals surface area contributed by atoms with Crippen molar-refractivity contribution < 1.29 is 9.21 Å². The summed E-state index contributed by atoms with van der Waals surface area (Å²) in [6.07, 6.45) is 3.28. The second kappa shape index (κ2) is 7.75. The highest BCUT2D eigenvalue weighted by atomic mass is 16.3. The fraction of sp³-hybridized carbons (Fsp3) is 0.350. The molecule has 1 saturated heterocycles. The van der Waals surface area contributed by atoms with Gasteiger partial charge in [0.1, 0.15) is 24.2 Å². The molecule has 0 atom stereocenters. The van der Waals surface area contributed by atoms with Gasteiger partial charge in [-0.2, -0.15) is 5.10 Å². The van der Waals surface area contributed by atoms with E-state index in [1.165, 1.54) is 0 Å². The summed E-state index contributed by atoms with van der Waals surface area (Å²) < 4.78 is 7.47. The summed E-state index contributed by atoms with van der Waals surface area (Å²) in [5.74, 6) is 1.80. The molecular formula is C20H23N5O2. The van der Waals surface area contributed by atoms with Crippen LogP contribution in [0.2, 0.25) is 0 Å². The Morgan fingerprint density at radius 3 is 2.44 bits per heavy atom. The highest BCUT2D eigenvalue weighted by Crippen LogP contribution is 2.22. The summed E-state index contributed by atoms with van der Waals surface area (Å²) in [5, 5.41) is 4.12. The predicted molar refractivity (Wildman–Crippen MR) is 101 cm³/mol. The predicted octanol–water partition coefficient (Wildman–Crippen LogP) is 2.30. The largest absolute Gasteiger partial charge is 0.461 e. The van der Waals surface area contributed by atoms with Crippen molar-refractivity contribution in [2.45, 2.75) is 13.5 Å². The number of piperazine rings is 1. The molecule has 0 radical (unpaired) electrons. The zero-order valence-electron chi connectivity index (χ0n) is 15.4. The van der Waals surface area contributed by atoms with Crippen LogP contribution in [0, 0.1) is 6.92 Å². The van der Waals surface area contributed by atoms with E-state index in [2.05, 4.69) is 15.0 Å². The molecule has 1 amide bonds. The molecule has 7 nitrogen and oxygen atoms in total. The van der Waals surface area contributed by atoms with Gasteiger partial charge in [0.25, 0.3) is 5.91 Å². The molecule has 1 aliphatic rings. The molecule has 27 heavy (non-hydrogen) atoms. The number of benzene rings is 1. The number of hydrogen-bond acceptors (Lipinski definition) is 5. The molecule has 0 bridgehead atoms. The third-order valence-corrected chi connectivity index (χ3v) is 4.93. The van der Waals surface area contributed by atoms with Gasteiger partial charge in [-0.1, -0.05) is 12.1 Å². The van der Waals surface area contributed by atoms with Gasteiger partial charge in [-0.3, -0.25) is 14.4 Å². The first-order chi connectivity index (χ1) is 13.2. The van der Waals surface area contributed by atoms with E-state index >= 15 is 0 Å². The fourth-order valence-electron chi connectivity index (χ4n) is 3.32. The number of amides is 1. The summed E-state index contributed by atoms with van der Waals surface area (Å²) >= 11 is 0. The second-order valence-corrected chi connectivity index (χ2v) is 6.78. The summed E-state index contributed by atoms with van der Waals surface area (Å²) in [7, 11) is 0. The maximum atomic E-state index is 12.8. The Morgan fingerprint density at radius 2 is 1.81 bits per heavy atom. The van der Waals surface area contributed by atoms with E-state index < -0.39 is 0 Å². The molecule has 140 valence electrons. The zero-order chi connectivity index (χ0) is 18.6. The van der Waals surface area contributed by atoms with Crippen molar-refractivity contribution in [1.82, 2.24) is 24.6 Å². The Kier molecular flexibility index (Phi) is 5.02. The second-order valence-electron chi connectivity index (χ2n) is 6.78. The lowest BCUT2D eigenvalue weighted by Crippen LogP contribution is -2.49. The van der Waals surface area contributed by atoms with Gasteiger partial charge in [-0.25, -0.2) is 4.98 Å². The number of hydrogen-bond donors (Lipinski definition) is 0. The summed E-state index contributed by atoms with van der Waals surface area (Å²) in [6, 6.07) is 11.5. The van der Waals surface area contributed by atoms with Gasteiger partial charge < -0.3 is 9.32 Å². The van der Waals surface area contributed by atoms with Crippen LogP contribution in [0.4, 0.5) is 0 Å². The lowest BCUT2D eigenvalue weighted by molar-refractivity contribution is 0.0632. The van der Waals surface area contributed by atoms with Crippen molar-refractivity contribution in [3.63, 3.8) is 0 Å². The highest BCUT2D eigenvalue weighted by Gasteiger charge is 2.22. The monoisotopic (exact) mass is 365 g/mol. The smallest absolute Gasteiger partial charge is 0.253 e. The van der Waals surface area contributed by atoms with Gasteiger partial charge in [-0.15, -0.1) is 0 Å². The summed E-state index contributed by atoms with van der Waals surface area (Å²) in [6.45, 7) is 6.91. The SMILES string of the molecule is Cc1ccc(-c2ccc(C(=O)N3CCN(CCn4cncn4)CC3)cc2)o1. The molecule has 0 spiro atoms. The molecular weight excluding hydrogens is 342 g/mol. The molecule has 0 saturated carbocycles. The van der Waals surface area contributed by atoms with Gasteiger partial charge in [0.15, 0.2) is 0 Å². The number of carbonyl (C=O) groups excluding carboxylic acids is 1. The summed E-state index contributed by atoms with van der Waals surface area (Å²) in [4.78, 5) is 21.0. The van der Waals surface area contributed by atoms with E-state index in [-0.39, 0.29) is 5.91 Å². The maximum Gasteiger partial charge on any atom is 0.253 e. The minimum absolute atomic E-state index is 0.0908. The van der Waals surface area contributed by atoms with Crippen LogP contribution in [0.3, 0.4) is 0 Å². The van der Waals surface area contributed by atoms with Gasteiger partial charge >= 0.3 is 0 Å². The minimum atomic E-state index is 0.0908. The first kappa shape index (κ1) is 17.5. The van der Waals surface area contributed by atoms with E-state index in [0.29, 0.717) is 0 Å². The van der Waals surface area contributed by atoms with Crippen LogP contribution in [0.1, 0.15) is 16.1 Å². The van der Waals surface area contributed by atoms with E-state index in [1.807, 2.05) is 52.9 Å². The number of furan rings is 1. The number of aromatic nitrogens is 3. The number of carbonyl (C=O) groups is 1. The number of aryl methyl sites for hydroxylation is 1. The minimum Gasteiger partial charge on any atom is -0.461 e. The molecule has 3 heterocycles. The normalized spacial score (nSPS) is 15.2. The van der Waals surface area contributed by atoms with Crippen molar-refractivity contribution in [1.29, 1.82) is 0 Å². The van der Waals surface area contributed by atoms with Crippen molar-refractivity contribution in [2.24, 2.45) is 0 Å². The Morgan fingerprint density at radius 1 is 1.04 bits per heavy atom.